The van der Waals surface area contributed by atoms with E-state index in [1.165, 1.54) is 24.5 Å². The van der Waals surface area contributed by atoms with Crippen LogP contribution in [0.5, 0.6) is 17.2 Å². The second kappa shape index (κ2) is 11.4. The van der Waals surface area contributed by atoms with Gasteiger partial charge in [-0.3, -0.25) is 9.36 Å². The quantitative estimate of drug-likeness (QED) is 0.321. The van der Waals surface area contributed by atoms with Gasteiger partial charge in [0, 0.05) is 5.56 Å². The maximum atomic E-state index is 14.1. The van der Waals surface area contributed by atoms with E-state index < -0.39 is 12.0 Å². The van der Waals surface area contributed by atoms with Gasteiger partial charge in [-0.25, -0.2) is 9.79 Å². The van der Waals surface area contributed by atoms with Crippen molar-refractivity contribution in [3.8, 4) is 17.2 Å². The van der Waals surface area contributed by atoms with E-state index in [2.05, 4.69) is 0 Å². The number of methoxy groups -OCH3 is 2. The molecule has 1 atom stereocenters. The van der Waals surface area contributed by atoms with Crippen molar-refractivity contribution < 1.29 is 24.1 Å². The molecule has 0 radical (unpaired) electrons. The van der Waals surface area contributed by atoms with E-state index >= 15 is 0 Å². The average Bonchev–Trinajstić information content (AvgIpc) is 3.26. The minimum Gasteiger partial charge on any atom is -0.504 e. The first kappa shape index (κ1) is 27.2. The number of carbonyl (C=O) groups excluding carboxylic acids is 1. The van der Waals surface area contributed by atoms with Crippen molar-refractivity contribution in [3.05, 3.63) is 96.7 Å². The Morgan fingerprint density at radius 2 is 1.82 bits per heavy atom. The fraction of sp³-hybridized carbons (Fsp3) is 0.258. The summed E-state index contributed by atoms with van der Waals surface area (Å²) in [6.45, 7) is 3.96. The highest BCUT2D eigenvalue weighted by molar-refractivity contribution is 7.07. The molecule has 8 nitrogen and oxygen atoms in total. The van der Waals surface area contributed by atoms with Gasteiger partial charge < -0.3 is 19.3 Å². The van der Waals surface area contributed by atoms with Crippen molar-refractivity contribution >= 4 is 34.2 Å². The Morgan fingerprint density at radius 1 is 1.07 bits per heavy atom. The molecule has 40 heavy (non-hydrogen) atoms. The molecule has 0 aliphatic carbocycles. The number of carbonyl (C=O) groups is 1. The predicted octanol–water partition coefficient (Wildman–Crippen LogP) is 4.45. The first-order valence-electron chi connectivity index (χ1n) is 13.1. The zero-order valence-electron chi connectivity index (χ0n) is 22.8. The molecule has 1 aromatic heterocycles. The van der Waals surface area contributed by atoms with Crippen molar-refractivity contribution in [2.24, 2.45) is 4.99 Å². The largest absolute Gasteiger partial charge is 0.504 e. The van der Waals surface area contributed by atoms with Gasteiger partial charge in [-0.2, -0.15) is 0 Å². The Labute approximate surface area is 235 Å². The normalized spacial score (nSPS) is 15.1. The summed E-state index contributed by atoms with van der Waals surface area (Å²) in [4.78, 5) is 33.0. The number of hydrogen-bond acceptors (Lipinski definition) is 8. The summed E-state index contributed by atoms with van der Waals surface area (Å²) in [5.41, 5.74) is 1.94. The molecule has 206 valence electrons. The maximum absolute atomic E-state index is 14.1. The van der Waals surface area contributed by atoms with Gasteiger partial charge in [-0.15, -0.1) is 0 Å². The van der Waals surface area contributed by atoms with Crippen molar-refractivity contribution in [1.82, 2.24) is 4.57 Å². The van der Waals surface area contributed by atoms with E-state index in [4.69, 9.17) is 19.2 Å². The highest BCUT2D eigenvalue weighted by Crippen LogP contribution is 2.41. The van der Waals surface area contributed by atoms with Crippen LogP contribution in [0.15, 0.2) is 75.7 Å². The number of nitrogens with zero attached hydrogens (tertiary/aromatic N) is 2. The zero-order valence-corrected chi connectivity index (χ0v) is 23.6. The predicted molar refractivity (Wildman–Crippen MR) is 155 cm³/mol. The molecular weight excluding hydrogens is 528 g/mol. The lowest BCUT2D eigenvalue weighted by atomic mass is 9.90. The van der Waals surface area contributed by atoms with Crippen molar-refractivity contribution in [1.29, 1.82) is 0 Å². The number of thiazole rings is 1. The van der Waals surface area contributed by atoms with E-state index in [1.807, 2.05) is 43.3 Å². The second-order valence-electron chi connectivity index (χ2n) is 9.25. The fourth-order valence-electron chi connectivity index (χ4n) is 5.08. The third-order valence-electron chi connectivity index (χ3n) is 6.82. The summed E-state index contributed by atoms with van der Waals surface area (Å²) in [7, 11) is 3.05. The van der Waals surface area contributed by atoms with Gasteiger partial charge in [0.05, 0.1) is 36.6 Å². The molecule has 0 saturated heterocycles. The summed E-state index contributed by atoms with van der Waals surface area (Å²) in [6, 6.07) is 15.7. The molecule has 1 aliphatic rings. The van der Waals surface area contributed by atoms with Gasteiger partial charge in [-0.1, -0.05) is 61.1 Å². The molecule has 3 aromatic carbocycles. The SMILES string of the molecule is CCCC1=C(C(=O)OCC)C(c2c(OC)ccc3ccccc23)n2c(s/c(=C/c3ccc(OC)c(O)c3)c2=O)=N1. The molecule has 4 aromatic rings. The lowest BCUT2D eigenvalue weighted by Gasteiger charge is -2.28. The van der Waals surface area contributed by atoms with Crippen molar-refractivity contribution in [3.63, 3.8) is 0 Å². The van der Waals surface area contributed by atoms with Crippen LogP contribution in [0.4, 0.5) is 0 Å². The molecule has 0 amide bonds. The lowest BCUT2D eigenvalue weighted by Crippen LogP contribution is -2.40. The highest BCUT2D eigenvalue weighted by atomic mass is 32.1. The number of benzene rings is 3. The van der Waals surface area contributed by atoms with Crippen LogP contribution in [0.1, 0.15) is 43.9 Å². The first-order chi connectivity index (χ1) is 19.4. The fourth-order valence-corrected chi connectivity index (χ4v) is 6.10. The molecule has 0 spiro atoms. The van der Waals surface area contributed by atoms with E-state index in [1.54, 1.807) is 36.8 Å². The summed E-state index contributed by atoms with van der Waals surface area (Å²) < 4.78 is 18.5. The van der Waals surface area contributed by atoms with E-state index in [9.17, 15) is 14.7 Å². The first-order valence-corrected chi connectivity index (χ1v) is 13.9. The number of fused-ring (bicyclic) bond motifs is 2. The number of hydrogen-bond donors (Lipinski definition) is 1. The number of phenols is 1. The zero-order chi connectivity index (χ0) is 28.4. The van der Waals surface area contributed by atoms with Gasteiger partial charge >= 0.3 is 5.97 Å². The molecule has 0 bridgehead atoms. The average molecular weight is 559 g/mol. The van der Waals surface area contributed by atoms with Crippen molar-refractivity contribution in [2.45, 2.75) is 32.7 Å². The minimum atomic E-state index is -0.815. The third-order valence-corrected chi connectivity index (χ3v) is 7.80. The summed E-state index contributed by atoms with van der Waals surface area (Å²) >= 11 is 1.23. The van der Waals surface area contributed by atoms with Gasteiger partial charge in [0.25, 0.3) is 5.56 Å². The molecule has 5 rings (SSSR count). The monoisotopic (exact) mass is 558 g/mol. The Morgan fingerprint density at radius 3 is 2.52 bits per heavy atom. The van der Waals surface area contributed by atoms with Crippen LogP contribution in [-0.4, -0.2) is 36.5 Å². The van der Waals surface area contributed by atoms with Crippen LogP contribution >= 0.6 is 11.3 Å². The molecule has 1 N–H and O–H groups in total. The molecule has 0 saturated carbocycles. The smallest absolute Gasteiger partial charge is 0.338 e. The number of rotatable bonds is 8. The number of esters is 1. The second-order valence-corrected chi connectivity index (χ2v) is 10.3. The van der Waals surface area contributed by atoms with Crippen molar-refractivity contribution in [2.75, 3.05) is 20.8 Å². The Bertz CT molecular complexity index is 1820. The lowest BCUT2D eigenvalue weighted by molar-refractivity contribution is -0.139. The Balaban J connectivity index is 1.85. The van der Waals surface area contributed by atoms with Crippen LogP contribution in [0.3, 0.4) is 0 Å². The Hall–Kier alpha value is -4.37. The van der Waals surface area contributed by atoms with Gasteiger partial charge in [-0.05, 0) is 54.0 Å². The van der Waals surface area contributed by atoms with E-state index in [0.29, 0.717) is 49.7 Å². The maximum Gasteiger partial charge on any atom is 0.338 e. The van der Waals surface area contributed by atoms with E-state index in [0.717, 1.165) is 17.2 Å². The molecule has 1 unspecified atom stereocenters. The number of phenolic OH excluding ortho intramolecular Hbond substituents is 1. The number of ether oxygens (including phenoxy) is 3. The minimum absolute atomic E-state index is 0.0303. The summed E-state index contributed by atoms with van der Waals surface area (Å²) in [5.74, 6) is 0.351. The number of aromatic nitrogens is 1. The van der Waals surface area contributed by atoms with Gasteiger partial charge in [0.1, 0.15) is 11.8 Å². The van der Waals surface area contributed by atoms with Crippen LogP contribution < -0.4 is 24.4 Å². The highest BCUT2D eigenvalue weighted by Gasteiger charge is 2.37. The molecular formula is C31H30N2O6S. The molecule has 1 aliphatic heterocycles. The number of allylic oxidation sites excluding steroid dienone is 1. The standard InChI is InChI=1S/C31H30N2O6S/c1-5-9-21-27(30(36)39-6-2)28(26-20-11-8-7-10-19(20)13-15-24(26)38-4)33-29(35)25(40-31(33)32-21)17-18-12-14-23(37-3)22(34)16-18/h7-8,10-17,28,34H,5-6,9H2,1-4H3/b25-17+. The van der Waals surface area contributed by atoms with Gasteiger partial charge in [0.2, 0.25) is 0 Å². The molecule has 0 fully saturated rings. The van der Waals surface area contributed by atoms with Crippen LogP contribution in [0, 0.1) is 0 Å². The molecule has 9 heteroatoms. The van der Waals surface area contributed by atoms with Crippen LogP contribution in [-0.2, 0) is 9.53 Å². The van der Waals surface area contributed by atoms with Crippen LogP contribution in [0.2, 0.25) is 0 Å². The number of aromatic hydroxyl groups is 1. The topological polar surface area (TPSA) is 99.4 Å². The third kappa shape index (κ3) is 4.77. The van der Waals surface area contributed by atoms with Crippen LogP contribution in [0.25, 0.3) is 16.8 Å². The summed E-state index contributed by atoms with van der Waals surface area (Å²) in [5, 5.41) is 12.1. The van der Waals surface area contributed by atoms with E-state index in [-0.39, 0.29) is 17.9 Å². The Kier molecular flexibility index (Phi) is 7.75. The molecule has 2 heterocycles. The van der Waals surface area contributed by atoms with Gasteiger partial charge in [0.15, 0.2) is 16.3 Å². The summed E-state index contributed by atoms with van der Waals surface area (Å²) in [6.07, 6.45) is 2.99.